The molecule has 2 aromatic heterocycles. The molecular weight excluding hydrogens is 244 g/mol. The summed E-state index contributed by atoms with van der Waals surface area (Å²) in [7, 11) is 1.94. The molecule has 0 bridgehead atoms. The molecule has 0 unspecified atom stereocenters. The van der Waals surface area contributed by atoms with Gasteiger partial charge in [-0.3, -0.25) is 15.0 Å². The lowest BCUT2D eigenvalue weighted by Crippen LogP contribution is -2.22. The van der Waals surface area contributed by atoms with Gasteiger partial charge in [0.2, 0.25) is 0 Å². The Labute approximate surface area is 111 Å². The Bertz CT molecular complexity index is 553. The van der Waals surface area contributed by atoms with Gasteiger partial charge in [0.1, 0.15) is 5.69 Å². The fourth-order valence-electron chi connectivity index (χ4n) is 1.90. The minimum atomic E-state index is -0.991. The monoisotopic (exact) mass is 260 g/mol. The Balaban J connectivity index is 2.11. The first-order chi connectivity index (χ1) is 9.09. The first-order valence-electron chi connectivity index (χ1n) is 5.95. The molecule has 1 atom stereocenters. The molecule has 2 rings (SSSR count). The number of carboxylic acid groups (broad SMARTS) is 1. The number of pyridine rings is 1. The standard InChI is InChI=1S/C13H16N4O2/c1-9(10-4-3-5-14-6-10)17(2)8-11-7-15-16-12(11)13(18)19/h3-7,9H,8H2,1-2H3,(H,15,16)(H,18,19)/t9-/m0/s1. The molecule has 2 N–H and O–H groups in total. The van der Waals surface area contributed by atoms with E-state index in [1.165, 1.54) is 0 Å². The van der Waals surface area contributed by atoms with Crippen LogP contribution in [0.15, 0.2) is 30.7 Å². The maximum absolute atomic E-state index is 11.0. The molecule has 0 aromatic carbocycles. The fraction of sp³-hybridized carbons (Fsp3) is 0.308. The summed E-state index contributed by atoms with van der Waals surface area (Å²) in [5.74, 6) is -0.991. The van der Waals surface area contributed by atoms with Crippen LogP contribution in [0.3, 0.4) is 0 Å². The quantitative estimate of drug-likeness (QED) is 0.855. The van der Waals surface area contributed by atoms with Gasteiger partial charge in [-0.1, -0.05) is 6.07 Å². The molecule has 0 saturated carbocycles. The lowest BCUT2D eigenvalue weighted by molar-refractivity contribution is 0.0688. The number of carbonyl (C=O) groups is 1. The summed E-state index contributed by atoms with van der Waals surface area (Å²) in [5.41, 5.74) is 1.90. The van der Waals surface area contributed by atoms with Crippen molar-refractivity contribution in [1.82, 2.24) is 20.1 Å². The number of carboxylic acids is 1. The number of rotatable bonds is 5. The second kappa shape index (κ2) is 5.62. The first-order valence-corrected chi connectivity index (χ1v) is 5.95. The van der Waals surface area contributed by atoms with E-state index in [4.69, 9.17) is 5.11 Å². The molecule has 19 heavy (non-hydrogen) atoms. The predicted octanol–water partition coefficient (Wildman–Crippen LogP) is 1.70. The average Bonchev–Trinajstić information content (AvgIpc) is 2.87. The van der Waals surface area contributed by atoms with Crippen LogP contribution in [0.4, 0.5) is 0 Å². The van der Waals surface area contributed by atoms with Crippen molar-refractivity contribution >= 4 is 5.97 Å². The summed E-state index contributed by atoms with van der Waals surface area (Å²) in [4.78, 5) is 17.1. The molecule has 0 radical (unpaired) electrons. The highest BCUT2D eigenvalue weighted by Gasteiger charge is 2.17. The molecule has 2 aromatic rings. The van der Waals surface area contributed by atoms with Gasteiger partial charge in [0.05, 0.1) is 6.20 Å². The number of hydrogen-bond donors (Lipinski definition) is 2. The molecule has 0 fully saturated rings. The lowest BCUT2D eigenvalue weighted by atomic mass is 10.1. The Hall–Kier alpha value is -2.21. The molecule has 0 aliphatic heterocycles. The highest BCUT2D eigenvalue weighted by Crippen LogP contribution is 2.20. The summed E-state index contributed by atoms with van der Waals surface area (Å²) >= 11 is 0. The van der Waals surface area contributed by atoms with Gasteiger partial charge in [-0.25, -0.2) is 4.79 Å². The first kappa shape index (κ1) is 13.2. The average molecular weight is 260 g/mol. The van der Waals surface area contributed by atoms with Crippen LogP contribution in [0.2, 0.25) is 0 Å². The molecule has 0 saturated heterocycles. The van der Waals surface area contributed by atoms with Gasteiger partial charge in [-0.05, 0) is 25.6 Å². The van der Waals surface area contributed by atoms with Crippen LogP contribution in [0.1, 0.15) is 34.6 Å². The smallest absolute Gasteiger partial charge is 0.354 e. The van der Waals surface area contributed by atoms with E-state index in [2.05, 4.69) is 22.1 Å². The number of nitrogens with zero attached hydrogens (tertiary/aromatic N) is 3. The highest BCUT2D eigenvalue weighted by atomic mass is 16.4. The van der Waals surface area contributed by atoms with E-state index in [-0.39, 0.29) is 11.7 Å². The van der Waals surface area contributed by atoms with Crippen LogP contribution in [0.25, 0.3) is 0 Å². The van der Waals surface area contributed by atoms with E-state index < -0.39 is 5.97 Å². The Morgan fingerprint density at radius 3 is 2.95 bits per heavy atom. The number of aromatic amines is 1. The van der Waals surface area contributed by atoms with Crippen LogP contribution in [0.5, 0.6) is 0 Å². The van der Waals surface area contributed by atoms with Crippen molar-refractivity contribution in [3.05, 3.63) is 47.5 Å². The van der Waals surface area contributed by atoms with Gasteiger partial charge >= 0.3 is 5.97 Å². The van der Waals surface area contributed by atoms with Crippen molar-refractivity contribution in [3.8, 4) is 0 Å². The zero-order valence-electron chi connectivity index (χ0n) is 10.9. The summed E-state index contributed by atoms with van der Waals surface area (Å²) < 4.78 is 0. The van der Waals surface area contributed by atoms with Crippen LogP contribution in [-0.2, 0) is 6.54 Å². The van der Waals surface area contributed by atoms with E-state index in [1.807, 2.05) is 30.3 Å². The third-order valence-electron chi connectivity index (χ3n) is 3.18. The zero-order valence-corrected chi connectivity index (χ0v) is 10.9. The normalized spacial score (nSPS) is 12.6. The van der Waals surface area contributed by atoms with Crippen molar-refractivity contribution in [2.45, 2.75) is 19.5 Å². The van der Waals surface area contributed by atoms with Crippen LogP contribution in [0, 0.1) is 0 Å². The molecule has 0 aliphatic rings. The van der Waals surface area contributed by atoms with Crippen molar-refractivity contribution in [1.29, 1.82) is 0 Å². The zero-order chi connectivity index (χ0) is 13.8. The summed E-state index contributed by atoms with van der Waals surface area (Å²) in [5, 5.41) is 15.3. The van der Waals surface area contributed by atoms with Gasteiger partial charge in [-0.2, -0.15) is 5.10 Å². The second-order valence-corrected chi connectivity index (χ2v) is 4.45. The summed E-state index contributed by atoms with van der Waals surface area (Å²) in [6, 6.07) is 4.03. The third kappa shape index (κ3) is 2.97. The Morgan fingerprint density at radius 2 is 2.32 bits per heavy atom. The number of aromatic carboxylic acids is 1. The summed E-state index contributed by atoms with van der Waals surface area (Å²) in [6.45, 7) is 2.56. The number of H-pyrrole nitrogens is 1. The molecule has 6 heteroatoms. The minimum Gasteiger partial charge on any atom is -0.477 e. The van der Waals surface area contributed by atoms with Crippen molar-refractivity contribution in [3.63, 3.8) is 0 Å². The number of aromatic nitrogens is 3. The highest BCUT2D eigenvalue weighted by molar-refractivity contribution is 5.86. The van der Waals surface area contributed by atoms with Crippen LogP contribution < -0.4 is 0 Å². The summed E-state index contributed by atoms with van der Waals surface area (Å²) in [6.07, 6.45) is 5.10. The molecule has 6 nitrogen and oxygen atoms in total. The molecule has 0 amide bonds. The lowest BCUT2D eigenvalue weighted by Gasteiger charge is -2.24. The molecule has 2 heterocycles. The number of hydrogen-bond acceptors (Lipinski definition) is 4. The van der Waals surface area contributed by atoms with E-state index in [0.29, 0.717) is 12.1 Å². The van der Waals surface area contributed by atoms with Crippen LogP contribution in [-0.4, -0.2) is 38.2 Å². The minimum absolute atomic E-state index is 0.144. The molecule has 0 aliphatic carbocycles. The Kier molecular flexibility index (Phi) is 3.91. The topological polar surface area (TPSA) is 82.1 Å². The Morgan fingerprint density at radius 1 is 1.53 bits per heavy atom. The van der Waals surface area contributed by atoms with Gasteiger partial charge in [-0.15, -0.1) is 0 Å². The van der Waals surface area contributed by atoms with Gasteiger partial charge in [0.25, 0.3) is 0 Å². The maximum atomic E-state index is 11.0. The van der Waals surface area contributed by atoms with E-state index >= 15 is 0 Å². The predicted molar refractivity (Wildman–Crippen MR) is 69.7 cm³/mol. The third-order valence-corrected chi connectivity index (χ3v) is 3.18. The fourth-order valence-corrected chi connectivity index (χ4v) is 1.90. The second-order valence-electron chi connectivity index (χ2n) is 4.45. The van der Waals surface area contributed by atoms with Gasteiger partial charge in [0.15, 0.2) is 0 Å². The van der Waals surface area contributed by atoms with E-state index in [0.717, 1.165) is 5.56 Å². The SMILES string of the molecule is C[C@@H](c1cccnc1)N(C)Cc1cn[nH]c1C(=O)O. The van der Waals surface area contributed by atoms with E-state index in [1.54, 1.807) is 12.4 Å². The molecular formula is C13H16N4O2. The van der Waals surface area contributed by atoms with Crippen molar-refractivity contribution in [2.75, 3.05) is 7.05 Å². The van der Waals surface area contributed by atoms with Crippen LogP contribution >= 0.6 is 0 Å². The van der Waals surface area contributed by atoms with Crippen molar-refractivity contribution in [2.24, 2.45) is 0 Å². The number of nitrogens with one attached hydrogen (secondary N) is 1. The van der Waals surface area contributed by atoms with Crippen molar-refractivity contribution < 1.29 is 9.90 Å². The largest absolute Gasteiger partial charge is 0.477 e. The van der Waals surface area contributed by atoms with Gasteiger partial charge in [0, 0.05) is 30.5 Å². The van der Waals surface area contributed by atoms with E-state index in [9.17, 15) is 4.79 Å². The molecule has 0 spiro atoms. The van der Waals surface area contributed by atoms with Gasteiger partial charge < -0.3 is 5.11 Å². The maximum Gasteiger partial charge on any atom is 0.354 e. The molecule has 100 valence electrons.